The first-order valence-corrected chi connectivity index (χ1v) is 6.51. The van der Waals surface area contributed by atoms with Crippen molar-refractivity contribution in [1.82, 2.24) is 4.90 Å². The van der Waals surface area contributed by atoms with E-state index in [4.69, 9.17) is 5.11 Å². The Labute approximate surface area is 108 Å². The van der Waals surface area contributed by atoms with Gasteiger partial charge in [-0.25, -0.2) is 4.79 Å². The molecule has 1 unspecified atom stereocenters. The third-order valence-electron chi connectivity index (χ3n) is 3.43. The van der Waals surface area contributed by atoms with Crippen LogP contribution in [0.5, 0.6) is 0 Å². The van der Waals surface area contributed by atoms with Gasteiger partial charge in [-0.15, -0.1) is 0 Å². The molecule has 4 nitrogen and oxygen atoms in total. The summed E-state index contributed by atoms with van der Waals surface area (Å²) in [6.07, 6.45) is 2.35. The van der Waals surface area contributed by atoms with Gasteiger partial charge in [0.25, 0.3) is 0 Å². The third kappa shape index (κ3) is 3.23. The Kier molecular flexibility index (Phi) is 4.20. The van der Waals surface area contributed by atoms with Gasteiger partial charge in [0, 0.05) is 18.3 Å². The van der Waals surface area contributed by atoms with Crippen molar-refractivity contribution in [2.75, 3.05) is 25.0 Å². The topological polar surface area (TPSA) is 52.6 Å². The Bertz CT molecular complexity index is 420. The van der Waals surface area contributed by atoms with E-state index in [1.165, 1.54) is 13.0 Å². The van der Waals surface area contributed by atoms with Crippen LogP contribution in [-0.2, 0) is 0 Å². The van der Waals surface area contributed by atoms with Gasteiger partial charge in [0.2, 0.25) is 0 Å². The number of nitrogens with one attached hydrogen (secondary N) is 1. The fraction of sp³-hybridized carbons (Fsp3) is 0.500. The summed E-state index contributed by atoms with van der Waals surface area (Å²) in [6.45, 7) is 5.46. The Hall–Kier alpha value is -1.55. The summed E-state index contributed by atoms with van der Waals surface area (Å²) >= 11 is 0. The highest BCUT2D eigenvalue weighted by Crippen LogP contribution is 2.17. The molecular formula is C14H20N2O2. The Morgan fingerprint density at radius 3 is 3.11 bits per heavy atom. The minimum absolute atomic E-state index is 0.336. The fourth-order valence-corrected chi connectivity index (χ4v) is 2.44. The Morgan fingerprint density at radius 2 is 2.39 bits per heavy atom. The molecule has 0 saturated carbocycles. The van der Waals surface area contributed by atoms with Crippen LogP contribution in [0.2, 0.25) is 0 Å². The number of hydrogen-bond donors (Lipinski definition) is 2. The van der Waals surface area contributed by atoms with Gasteiger partial charge in [-0.3, -0.25) is 0 Å². The molecule has 0 spiro atoms. The Morgan fingerprint density at radius 1 is 1.56 bits per heavy atom. The largest absolute Gasteiger partial charge is 0.478 e. The van der Waals surface area contributed by atoms with Crippen molar-refractivity contribution in [3.8, 4) is 0 Å². The second kappa shape index (κ2) is 5.87. The second-order valence-electron chi connectivity index (χ2n) is 4.76. The van der Waals surface area contributed by atoms with E-state index in [-0.39, 0.29) is 0 Å². The highest BCUT2D eigenvalue weighted by atomic mass is 16.4. The number of likely N-dealkylation sites (tertiary alicyclic amines) is 1. The van der Waals surface area contributed by atoms with Gasteiger partial charge in [-0.2, -0.15) is 0 Å². The van der Waals surface area contributed by atoms with E-state index in [1.807, 2.05) is 6.07 Å². The zero-order valence-electron chi connectivity index (χ0n) is 10.7. The van der Waals surface area contributed by atoms with Gasteiger partial charge >= 0.3 is 5.97 Å². The standard InChI is InChI=1S/C14H20N2O2/c1-2-16-8-4-7-13(10-16)15-12-6-3-5-11(9-12)14(17)18/h3,5-6,9,13,15H,2,4,7-8,10H2,1H3,(H,17,18). The molecule has 0 aliphatic carbocycles. The number of aromatic carboxylic acids is 1. The number of hydrogen-bond acceptors (Lipinski definition) is 3. The molecule has 1 aromatic carbocycles. The smallest absolute Gasteiger partial charge is 0.335 e. The van der Waals surface area contributed by atoms with Gasteiger partial charge in [-0.05, 0) is 44.1 Å². The molecular weight excluding hydrogens is 228 g/mol. The monoisotopic (exact) mass is 248 g/mol. The molecule has 1 atom stereocenters. The number of carbonyl (C=O) groups is 1. The molecule has 1 aromatic rings. The lowest BCUT2D eigenvalue weighted by atomic mass is 10.1. The maximum atomic E-state index is 10.9. The van der Waals surface area contributed by atoms with Crippen LogP contribution in [0.25, 0.3) is 0 Å². The second-order valence-corrected chi connectivity index (χ2v) is 4.76. The predicted molar refractivity (Wildman–Crippen MR) is 72.2 cm³/mol. The molecule has 2 N–H and O–H groups in total. The summed E-state index contributed by atoms with van der Waals surface area (Å²) in [7, 11) is 0. The number of anilines is 1. The summed E-state index contributed by atoms with van der Waals surface area (Å²) < 4.78 is 0. The van der Waals surface area contributed by atoms with Gasteiger partial charge < -0.3 is 15.3 Å². The van der Waals surface area contributed by atoms with Crippen molar-refractivity contribution >= 4 is 11.7 Å². The van der Waals surface area contributed by atoms with Crippen molar-refractivity contribution in [1.29, 1.82) is 0 Å². The van der Waals surface area contributed by atoms with E-state index in [0.29, 0.717) is 11.6 Å². The maximum absolute atomic E-state index is 10.9. The highest BCUT2D eigenvalue weighted by Gasteiger charge is 2.18. The molecule has 0 radical (unpaired) electrons. The molecule has 1 aliphatic heterocycles. The lowest BCUT2D eigenvalue weighted by molar-refractivity contribution is 0.0697. The molecule has 1 heterocycles. The van der Waals surface area contributed by atoms with Gasteiger partial charge in [0.15, 0.2) is 0 Å². The lowest BCUT2D eigenvalue weighted by Gasteiger charge is -2.32. The average molecular weight is 248 g/mol. The third-order valence-corrected chi connectivity index (χ3v) is 3.43. The zero-order chi connectivity index (χ0) is 13.0. The summed E-state index contributed by atoms with van der Waals surface area (Å²) in [5, 5.41) is 12.4. The van der Waals surface area contributed by atoms with E-state index in [9.17, 15) is 4.79 Å². The van der Waals surface area contributed by atoms with Crippen LogP contribution < -0.4 is 5.32 Å². The molecule has 98 valence electrons. The molecule has 1 fully saturated rings. The molecule has 1 saturated heterocycles. The summed E-state index contributed by atoms with van der Waals surface area (Å²) in [4.78, 5) is 13.3. The lowest BCUT2D eigenvalue weighted by Crippen LogP contribution is -2.41. The molecule has 4 heteroatoms. The average Bonchev–Trinajstić information content (AvgIpc) is 2.39. The van der Waals surface area contributed by atoms with Crippen molar-refractivity contribution in [3.05, 3.63) is 29.8 Å². The van der Waals surface area contributed by atoms with Crippen LogP contribution in [0.4, 0.5) is 5.69 Å². The van der Waals surface area contributed by atoms with E-state index >= 15 is 0 Å². The quantitative estimate of drug-likeness (QED) is 0.858. The maximum Gasteiger partial charge on any atom is 0.335 e. The number of likely N-dealkylation sites (N-methyl/N-ethyl adjacent to an activating group) is 1. The summed E-state index contributed by atoms with van der Waals surface area (Å²) in [5.41, 5.74) is 1.24. The van der Waals surface area contributed by atoms with Gasteiger partial charge in [0.1, 0.15) is 0 Å². The molecule has 0 amide bonds. The first kappa shape index (κ1) is 12.9. The van der Waals surface area contributed by atoms with Crippen molar-refractivity contribution in [2.24, 2.45) is 0 Å². The van der Waals surface area contributed by atoms with E-state index in [1.54, 1.807) is 18.2 Å². The summed E-state index contributed by atoms with van der Waals surface area (Å²) in [5.74, 6) is -0.877. The predicted octanol–water partition coefficient (Wildman–Crippen LogP) is 2.28. The SMILES string of the molecule is CCN1CCCC(Nc2cccc(C(=O)O)c2)C1. The van der Waals surface area contributed by atoms with Crippen LogP contribution in [0.3, 0.4) is 0 Å². The fourth-order valence-electron chi connectivity index (χ4n) is 2.44. The van der Waals surface area contributed by atoms with E-state index in [0.717, 1.165) is 25.2 Å². The number of carboxylic acid groups (broad SMARTS) is 1. The highest BCUT2D eigenvalue weighted by molar-refractivity contribution is 5.88. The first-order chi connectivity index (χ1) is 8.69. The van der Waals surface area contributed by atoms with Crippen LogP contribution in [-0.4, -0.2) is 41.7 Å². The van der Waals surface area contributed by atoms with E-state index in [2.05, 4.69) is 17.1 Å². The molecule has 0 aromatic heterocycles. The van der Waals surface area contributed by atoms with Crippen molar-refractivity contribution in [3.63, 3.8) is 0 Å². The van der Waals surface area contributed by atoms with Crippen LogP contribution >= 0.6 is 0 Å². The van der Waals surface area contributed by atoms with Crippen LogP contribution in [0.1, 0.15) is 30.1 Å². The zero-order valence-corrected chi connectivity index (χ0v) is 10.7. The van der Waals surface area contributed by atoms with E-state index < -0.39 is 5.97 Å². The van der Waals surface area contributed by atoms with Gasteiger partial charge in [-0.1, -0.05) is 13.0 Å². The molecule has 0 bridgehead atoms. The van der Waals surface area contributed by atoms with Gasteiger partial charge in [0.05, 0.1) is 5.56 Å². The Balaban J connectivity index is 2.00. The molecule has 1 aliphatic rings. The molecule has 2 rings (SSSR count). The minimum Gasteiger partial charge on any atom is -0.478 e. The molecule has 18 heavy (non-hydrogen) atoms. The number of piperidine rings is 1. The normalized spacial score (nSPS) is 20.6. The van der Waals surface area contributed by atoms with Crippen molar-refractivity contribution < 1.29 is 9.90 Å². The number of carboxylic acids is 1. The minimum atomic E-state index is -0.877. The number of benzene rings is 1. The van der Waals surface area contributed by atoms with Crippen molar-refractivity contribution in [2.45, 2.75) is 25.8 Å². The first-order valence-electron chi connectivity index (χ1n) is 6.51. The van der Waals surface area contributed by atoms with Crippen LogP contribution in [0, 0.1) is 0 Å². The number of nitrogens with zero attached hydrogens (tertiary/aromatic N) is 1. The van der Waals surface area contributed by atoms with Crippen LogP contribution in [0.15, 0.2) is 24.3 Å². The number of rotatable bonds is 4. The summed E-state index contributed by atoms with van der Waals surface area (Å²) in [6, 6.07) is 7.45.